The van der Waals surface area contributed by atoms with Gasteiger partial charge in [0.15, 0.2) is 5.69 Å². The number of likely N-dealkylation sites (tertiary alicyclic amines) is 1. The van der Waals surface area contributed by atoms with Gasteiger partial charge in [0, 0.05) is 13.1 Å². The molecule has 0 radical (unpaired) electrons. The summed E-state index contributed by atoms with van der Waals surface area (Å²) in [6.45, 7) is 2.11. The first kappa shape index (κ1) is 17.4. The number of halogens is 3. The van der Waals surface area contributed by atoms with Crippen LogP contribution in [-0.2, 0) is 6.18 Å². The summed E-state index contributed by atoms with van der Waals surface area (Å²) in [5.41, 5.74) is -0.443. The maximum Gasteiger partial charge on any atom is 0.416 e. The van der Waals surface area contributed by atoms with Gasteiger partial charge in [0.1, 0.15) is 0 Å². The molecule has 1 amide bonds. The number of alkyl halides is 3. The number of benzene rings is 1. The van der Waals surface area contributed by atoms with Crippen LogP contribution >= 0.6 is 0 Å². The van der Waals surface area contributed by atoms with Crippen LogP contribution in [0.3, 0.4) is 0 Å². The van der Waals surface area contributed by atoms with E-state index in [1.165, 1.54) is 23.0 Å². The largest absolute Gasteiger partial charge is 0.416 e. The van der Waals surface area contributed by atoms with Gasteiger partial charge in [0.05, 0.1) is 17.4 Å². The summed E-state index contributed by atoms with van der Waals surface area (Å²) in [5, 5.41) is 10.7. The highest BCUT2D eigenvalue weighted by molar-refractivity contribution is 5.92. The molecule has 1 saturated heterocycles. The zero-order valence-electron chi connectivity index (χ0n) is 13.6. The van der Waals surface area contributed by atoms with Gasteiger partial charge in [-0.25, -0.2) is 4.68 Å². The molecule has 1 fully saturated rings. The number of hydrogen-bond donors (Lipinski definition) is 1. The minimum Gasteiger partial charge on any atom is -0.337 e. The van der Waals surface area contributed by atoms with Crippen LogP contribution in [0.5, 0.6) is 0 Å². The first-order valence-corrected chi connectivity index (χ1v) is 7.92. The van der Waals surface area contributed by atoms with Crippen molar-refractivity contribution in [2.24, 2.45) is 5.92 Å². The molecule has 9 heteroatoms. The van der Waals surface area contributed by atoms with Crippen LogP contribution in [0.1, 0.15) is 22.5 Å². The van der Waals surface area contributed by atoms with Gasteiger partial charge >= 0.3 is 6.18 Å². The third-order valence-corrected chi connectivity index (χ3v) is 4.22. The Morgan fingerprint density at radius 2 is 2.20 bits per heavy atom. The normalized spacial score (nSPS) is 17.9. The fraction of sp³-hybridized carbons (Fsp3) is 0.438. The highest BCUT2D eigenvalue weighted by Crippen LogP contribution is 2.30. The minimum atomic E-state index is -4.44. The summed E-state index contributed by atoms with van der Waals surface area (Å²) in [5.74, 6) is 0.143. The van der Waals surface area contributed by atoms with Crippen molar-refractivity contribution in [1.82, 2.24) is 25.2 Å². The molecule has 0 spiro atoms. The van der Waals surface area contributed by atoms with E-state index in [1.54, 1.807) is 4.90 Å². The Balaban J connectivity index is 1.76. The summed E-state index contributed by atoms with van der Waals surface area (Å²) < 4.78 is 39.6. The van der Waals surface area contributed by atoms with Crippen LogP contribution in [0.25, 0.3) is 5.69 Å². The number of nitrogens with one attached hydrogen (secondary N) is 1. The Labute approximate surface area is 142 Å². The lowest BCUT2D eigenvalue weighted by Gasteiger charge is -2.14. The van der Waals surface area contributed by atoms with E-state index in [2.05, 4.69) is 15.6 Å². The lowest BCUT2D eigenvalue weighted by atomic mass is 10.1. The molecule has 134 valence electrons. The number of nitrogens with zero attached hydrogens (tertiary/aromatic N) is 4. The molecule has 1 aromatic heterocycles. The quantitative estimate of drug-likeness (QED) is 0.913. The van der Waals surface area contributed by atoms with Crippen LogP contribution in [0.4, 0.5) is 13.2 Å². The smallest absolute Gasteiger partial charge is 0.337 e. The SMILES string of the molecule is CNCC1CCN(C(=O)c2cn(-c3cccc(C(F)(F)F)c3)nn2)C1. The van der Waals surface area contributed by atoms with Crippen molar-refractivity contribution in [3.8, 4) is 5.69 Å². The predicted molar refractivity (Wildman–Crippen MR) is 84.3 cm³/mol. The molecular weight excluding hydrogens is 335 g/mol. The molecule has 1 unspecified atom stereocenters. The molecule has 1 aliphatic heterocycles. The van der Waals surface area contributed by atoms with Gasteiger partial charge in [-0.3, -0.25) is 4.79 Å². The molecule has 1 aromatic carbocycles. The first-order valence-electron chi connectivity index (χ1n) is 7.92. The fourth-order valence-corrected chi connectivity index (χ4v) is 2.95. The Bertz CT molecular complexity index is 758. The van der Waals surface area contributed by atoms with Gasteiger partial charge in [-0.2, -0.15) is 13.2 Å². The average molecular weight is 353 g/mol. The van der Waals surface area contributed by atoms with Crippen molar-refractivity contribution < 1.29 is 18.0 Å². The molecule has 0 aliphatic carbocycles. The average Bonchev–Trinajstić information content (AvgIpc) is 3.23. The van der Waals surface area contributed by atoms with Gasteiger partial charge in [0.2, 0.25) is 0 Å². The molecule has 0 saturated carbocycles. The van der Waals surface area contributed by atoms with Crippen molar-refractivity contribution in [1.29, 1.82) is 0 Å². The first-order chi connectivity index (χ1) is 11.9. The molecule has 25 heavy (non-hydrogen) atoms. The second-order valence-electron chi connectivity index (χ2n) is 6.06. The molecule has 6 nitrogen and oxygen atoms in total. The number of rotatable bonds is 4. The Morgan fingerprint density at radius 1 is 1.40 bits per heavy atom. The fourth-order valence-electron chi connectivity index (χ4n) is 2.95. The molecule has 1 N–H and O–H groups in total. The molecule has 2 aromatic rings. The van der Waals surface area contributed by atoms with E-state index in [9.17, 15) is 18.0 Å². The predicted octanol–water partition coefficient (Wildman–Crippen LogP) is 1.97. The molecule has 3 rings (SSSR count). The van der Waals surface area contributed by atoms with E-state index in [0.717, 1.165) is 25.1 Å². The van der Waals surface area contributed by atoms with Crippen LogP contribution in [-0.4, -0.2) is 52.5 Å². The zero-order chi connectivity index (χ0) is 18.0. The summed E-state index contributed by atoms with van der Waals surface area (Å²) in [6, 6.07) is 4.74. The number of aromatic nitrogens is 3. The maximum absolute atomic E-state index is 12.8. The highest BCUT2D eigenvalue weighted by Gasteiger charge is 2.31. The zero-order valence-corrected chi connectivity index (χ0v) is 13.6. The number of carbonyl (C=O) groups excluding carboxylic acids is 1. The Morgan fingerprint density at radius 3 is 2.92 bits per heavy atom. The standard InChI is InChI=1S/C16H18F3N5O/c1-20-8-11-5-6-23(9-11)15(25)14-10-24(22-21-14)13-4-2-3-12(7-13)16(17,18)19/h2-4,7,10-11,20H,5-6,8-9H2,1H3. The van der Waals surface area contributed by atoms with E-state index < -0.39 is 11.7 Å². The number of carbonyl (C=O) groups is 1. The molecule has 1 atom stereocenters. The van der Waals surface area contributed by atoms with Crippen molar-refractivity contribution >= 4 is 5.91 Å². The van der Waals surface area contributed by atoms with Gasteiger partial charge in [-0.05, 0) is 44.1 Å². The summed E-state index contributed by atoms with van der Waals surface area (Å²) in [6.07, 6.45) is -2.16. The third-order valence-electron chi connectivity index (χ3n) is 4.22. The van der Waals surface area contributed by atoms with Gasteiger partial charge in [0.25, 0.3) is 5.91 Å². The summed E-state index contributed by atoms with van der Waals surface area (Å²) in [4.78, 5) is 14.2. The van der Waals surface area contributed by atoms with Crippen molar-refractivity contribution in [2.45, 2.75) is 12.6 Å². The monoisotopic (exact) mass is 353 g/mol. The molecule has 2 heterocycles. The van der Waals surface area contributed by atoms with Crippen LogP contribution in [0.2, 0.25) is 0 Å². The second kappa shape index (κ2) is 6.83. The van der Waals surface area contributed by atoms with Crippen molar-refractivity contribution in [3.63, 3.8) is 0 Å². The van der Waals surface area contributed by atoms with Crippen LogP contribution in [0, 0.1) is 5.92 Å². The Kier molecular flexibility index (Phi) is 4.76. The van der Waals surface area contributed by atoms with E-state index in [0.29, 0.717) is 19.0 Å². The lowest BCUT2D eigenvalue weighted by molar-refractivity contribution is -0.137. The van der Waals surface area contributed by atoms with Gasteiger partial charge in [-0.1, -0.05) is 11.3 Å². The lowest BCUT2D eigenvalue weighted by Crippen LogP contribution is -2.30. The van der Waals surface area contributed by atoms with E-state index in [4.69, 9.17) is 0 Å². The van der Waals surface area contributed by atoms with Gasteiger partial charge < -0.3 is 10.2 Å². The van der Waals surface area contributed by atoms with Crippen LogP contribution < -0.4 is 5.32 Å². The Hall–Kier alpha value is -2.42. The minimum absolute atomic E-state index is 0.127. The second-order valence-corrected chi connectivity index (χ2v) is 6.06. The van der Waals surface area contributed by atoms with Crippen LogP contribution in [0.15, 0.2) is 30.5 Å². The topological polar surface area (TPSA) is 63.1 Å². The van der Waals surface area contributed by atoms with Gasteiger partial charge in [-0.15, -0.1) is 5.10 Å². The molecule has 1 aliphatic rings. The van der Waals surface area contributed by atoms with E-state index in [1.807, 2.05) is 7.05 Å². The maximum atomic E-state index is 12.8. The number of hydrogen-bond acceptors (Lipinski definition) is 4. The molecular formula is C16H18F3N5O. The molecule has 0 bridgehead atoms. The van der Waals surface area contributed by atoms with Crippen molar-refractivity contribution in [3.05, 3.63) is 41.7 Å². The highest BCUT2D eigenvalue weighted by atomic mass is 19.4. The van der Waals surface area contributed by atoms with Crippen molar-refractivity contribution in [2.75, 3.05) is 26.7 Å². The number of amides is 1. The summed E-state index contributed by atoms with van der Waals surface area (Å²) in [7, 11) is 1.87. The van der Waals surface area contributed by atoms with E-state index in [-0.39, 0.29) is 17.3 Å². The summed E-state index contributed by atoms with van der Waals surface area (Å²) >= 11 is 0. The third kappa shape index (κ3) is 3.81. The van der Waals surface area contributed by atoms with E-state index >= 15 is 0 Å².